The summed E-state index contributed by atoms with van der Waals surface area (Å²) >= 11 is 4.62. The quantitative estimate of drug-likeness (QED) is 0.784. The first-order chi connectivity index (χ1) is 8.15. The molecule has 0 spiro atoms. The molecule has 0 bridgehead atoms. The van der Waals surface area contributed by atoms with Gasteiger partial charge < -0.3 is 5.11 Å². The fourth-order valence-corrected chi connectivity index (χ4v) is 2.26. The Kier molecular flexibility index (Phi) is 3.75. The number of phenolic OH excluding ortho intramolecular Hbond substituents is 1. The van der Waals surface area contributed by atoms with E-state index < -0.39 is 0 Å². The highest BCUT2D eigenvalue weighted by Gasteiger charge is 2.07. The summed E-state index contributed by atoms with van der Waals surface area (Å²) in [7, 11) is 0. The Labute approximate surface area is 108 Å². The molecule has 17 heavy (non-hydrogen) atoms. The second kappa shape index (κ2) is 5.28. The van der Waals surface area contributed by atoms with Crippen LogP contribution in [-0.4, -0.2) is 5.11 Å². The lowest BCUT2D eigenvalue weighted by Gasteiger charge is -2.11. The van der Waals surface area contributed by atoms with Crippen molar-refractivity contribution in [2.45, 2.75) is 18.6 Å². The summed E-state index contributed by atoms with van der Waals surface area (Å²) in [5.41, 5.74) is 3.69. The van der Waals surface area contributed by atoms with E-state index >= 15 is 0 Å². The minimum absolute atomic E-state index is 0.164. The molecular weight excluding hydrogens is 228 g/mol. The number of aromatic hydroxyl groups is 1. The van der Waals surface area contributed by atoms with Crippen LogP contribution in [0.4, 0.5) is 0 Å². The van der Waals surface area contributed by atoms with E-state index in [0.29, 0.717) is 5.75 Å². The molecule has 1 N–H and O–H groups in total. The predicted molar refractivity (Wildman–Crippen MR) is 74.7 cm³/mol. The molecular formula is C15H16OS. The summed E-state index contributed by atoms with van der Waals surface area (Å²) in [4.78, 5) is 0. The highest BCUT2D eigenvalue weighted by Crippen LogP contribution is 2.26. The van der Waals surface area contributed by atoms with Crippen LogP contribution < -0.4 is 0 Å². The standard InChI is InChI=1S/C15H16OS/c1-11-3-2-4-12(9-11)10-15(17)13-5-7-14(16)8-6-13/h2-9,15-17H,10H2,1H3. The summed E-state index contributed by atoms with van der Waals surface area (Å²) in [6.07, 6.45) is 0.898. The molecule has 0 saturated heterocycles. The second-order valence-electron chi connectivity index (χ2n) is 4.30. The van der Waals surface area contributed by atoms with Crippen LogP contribution in [0.1, 0.15) is 21.9 Å². The van der Waals surface area contributed by atoms with E-state index in [9.17, 15) is 5.11 Å². The first kappa shape index (κ1) is 12.1. The van der Waals surface area contributed by atoms with Crippen molar-refractivity contribution in [3.63, 3.8) is 0 Å². The van der Waals surface area contributed by atoms with Gasteiger partial charge in [-0.15, -0.1) is 0 Å². The molecule has 1 atom stereocenters. The SMILES string of the molecule is Cc1cccc(CC(S)c2ccc(O)cc2)c1. The molecule has 2 rings (SSSR count). The predicted octanol–water partition coefficient (Wildman–Crippen LogP) is 3.91. The molecule has 2 aromatic carbocycles. The van der Waals surface area contributed by atoms with Gasteiger partial charge in [0, 0.05) is 5.25 Å². The molecule has 1 unspecified atom stereocenters. The molecule has 0 amide bonds. The Balaban J connectivity index is 2.11. The van der Waals surface area contributed by atoms with Crippen LogP contribution in [-0.2, 0) is 6.42 Å². The number of hydrogen-bond acceptors (Lipinski definition) is 2. The van der Waals surface area contributed by atoms with Crippen molar-refractivity contribution in [3.05, 3.63) is 65.2 Å². The van der Waals surface area contributed by atoms with E-state index in [2.05, 4.69) is 43.8 Å². The first-order valence-electron chi connectivity index (χ1n) is 5.68. The van der Waals surface area contributed by atoms with Crippen molar-refractivity contribution in [1.82, 2.24) is 0 Å². The van der Waals surface area contributed by atoms with Crippen LogP contribution in [0.2, 0.25) is 0 Å². The number of aryl methyl sites for hydroxylation is 1. The van der Waals surface area contributed by atoms with Crippen molar-refractivity contribution in [2.75, 3.05) is 0 Å². The molecule has 0 aliphatic rings. The number of phenols is 1. The number of benzene rings is 2. The minimum Gasteiger partial charge on any atom is -0.508 e. The zero-order chi connectivity index (χ0) is 12.3. The molecule has 2 aromatic rings. The first-order valence-corrected chi connectivity index (χ1v) is 6.19. The Morgan fingerprint density at radius 1 is 1.12 bits per heavy atom. The maximum Gasteiger partial charge on any atom is 0.115 e. The fraction of sp³-hybridized carbons (Fsp3) is 0.200. The van der Waals surface area contributed by atoms with Gasteiger partial charge in [-0.3, -0.25) is 0 Å². The Morgan fingerprint density at radius 3 is 2.47 bits per heavy atom. The summed E-state index contributed by atoms with van der Waals surface area (Å²) in [5.74, 6) is 0.296. The van der Waals surface area contributed by atoms with Gasteiger partial charge in [-0.1, -0.05) is 42.0 Å². The van der Waals surface area contributed by atoms with E-state index in [-0.39, 0.29) is 5.25 Å². The zero-order valence-corrected chi connectivity index (χ0v) is 10.7. The van der Waals surface area contributed by atoms with E-state index in [1.807, 2.05) is 12.1 Å². The molecule has 0 aromatic heterocycles. The molecule has 0 aliphatic heterocycles. The van der Waals surface area contributed by atoms with Gasteiger partial charge in [0.25, 0.3) is 0 Å². The van der Waals surface area contributed by atoms with Gasteiger partial charge in [0.2, 0.25) is 0 Å². The Morgan fingerprint density at radius 2 is 1.82 bits per heavy atom. The number of thiol groups is 1. The van der Waals surface area contributed by atoms with Crippen LogP contribution in [0.5, 0.6) is 5.75 Å². The molecule has 0 fully saturated rings. The largest absolute Gasteiger partial charge is 0.508 e. The summed E-state index contributed by atoms with van der Waals surface area (Å²) < 4.78 is 0. The highest BCUT2D eigenvalue weighted by molar-refractivity contribution is 7.80. The summed E-state index contributed by atoms with van der Waals surface area (Å²) in [5, 5.41) is 9.40. The smallest absolute Gasteiger partial charge is 0.115 e. The maximum atomic E-state index is 9.24. The average Bonchev–Trinajstić information content (AvgIpc) is 2.29. The van der Waals surface area contributed by atoms with E-state index in [0.717, 1.165) is 12.0 Å². The van der Waals surface area contributed by atoms with Gasteiger partial charge in [0.05, 0.1) is 0 Å². The van der Waals surface area contributed by atoms with E-state index in [1.165, 1.54) is 11.1 Å². The van der Waals surface area contributed by atoms with Crippen molar-refractivity contribution in [2.24, 2.45) is 0 Å². The highest BCUT2D eigenvalue weighted by atomic mass is 32.1. The minimum atomic E-state index is 0.164. The molecule has 0 radical (unpaired) electrons. The monoisotopic (exact) mass is 244 g/mol. The average molecular weight is 244 g/mol. The van der Waals surface area contributed by atoms with Crippen LogP contribution in [0, 0.1) is 6.92 Å². The van der Waals surface area contributed by atoms with Gasteiger partial charge in [-0.25, -0.2) is 0 Å². The molecule has 88 valence electrons. The fourth-order valence-electron chi connectivity index (χ4n) is 1.88. The van der Waals surface area contributed by atoms with Crippen LogP contribution in [0.3, 0.4) is 0 Å². The Bertz CT molecular complexity index is 491. The second-order valence-corrected chi connectivity index (χ2v) is 4.92. The van der Waals surface area contributed by atoms with Crippen molar-refractivity contribution >= 4 is 12.6 Å². The van der Waals surface area contributed by atoms with E-state index in [4.69, 9.17) is 0 Å². The number of hydrogen-bond donors (Lipinski definition) is 2. The third-order valence-corrected chi connectivity index (χ3v) is 3.27. The normalized spacial score (nSPS) is 12.4. The molecule has 2 heteroatoms. The van der Waals surface area contributed by atoms with Crippen molar-refractivity contribution in [1.29, 1.82) is 0 Å². The lowest BCUT2D eigenvalue weighted by Crippen LogP contribution is -1.96. The van der Waals surface area contributed by atoms with Crippen molar-refractivity contribution < 1.29 is 5.11 Å². The topological polar surface area (TPSA) is 20.2 Å². The van der Waals surface area contributed by atoms with E-state index in [1.54, 1.807) is 12.1 Å². The van der Waals surface area contributed by atoms with Gasteiger partial charge in [0.1, 0.15) is 5.75 Å². The molecule has 0 saturated carbocycles. The molecule has 0 aliphatic carbocycles. The van der Waals surface area contributed by atoms with Gasteiger partial charge in [-0.2, -0.15) is 12.6 Å². The third kappa shape index (κ3) is 3.27. The van der Waals surface area contributed by atoms with Gasteiger partial charge >= 0.3 is 0 Å². The summed E-state index contributed by atoms with van der Waals surface area (Å²) in [6, 6.07) is 15.7. The van der Waals surface area contributed by atoms with Gasteiger partial charge in [0.15, 0.2) is 0 Å². The Hall–Kier alpha value is -1.41. The lowest BCUT2D eigenvalue weighted by atomic mass is 10.0. The van der Waals surface area contributed by atoms with Gasteiger partial charge in [-0.05, 0) is 36.6 Å². The zero-order valence-electron chi connectivity index (χ0n) is 9.80. The summed E-state index contributed by atoms with van der Waals surface area (Å²) in [6.45, 7) is 2.09. The maximum absolute atomic E-state index is 9.24. The lowest BCUT2D eigenvalue weighted by molar-refractivity contribution is 0.475. The van der Waals surface area contributed by atoms with Crippen LogP contribution >= 0.6 is 12.6 Å². The van der Waals surface area contributed by atoms with Crippen molar-refractivity contribution in [3.8, 4) is 5.75 Å². The van der Waals surface area contributed by atoms with Crippen LogP contribution in [0.25, 0.3) is 0 Å². The third-order valence-electron chi connectivity index (χ3n) is 2.79. The molecule has 1 nitrogen and oxygen atoms in total. The molecule has 0 heterocycles. The number of rotatable bonds is 3. The van der Waals surface area contributed by atoms with Crippen LogP contribution in [0.15, 0.2) is 48.5 Å².